The van der Waals surface area contributed by atoms with Gasteiger partial charge in [0.15, 0.2) is 11.5 Å². The molecule has 0 aliphatic carbocycles. The second-order valence-electron chi connectivity index (χ2n) is 7.68. The third-order valence-electron chi connectivity index (χ3n) is 5.02. The number of hydrogen-bond donors (Lipinski definition) is 1. The van der Waals surface area contributed by atoms with Gasteiger partial charge in [0.1, 0.15) is 34.5 Å². The molecule has 0 atom stereocenters. The fourth-order valence-corrected chi connectivity index (χ4v) is 3.36. The number of rotatable bonds is 8. The van der Waals surface area contributed by atoms with E-state index in [0.717, 1.165) is 5.75 Å². The first-order valence-corrected chi connectivity index (χ1v) is 11.1. The summed E-state index contributed by atoms with van der Waals surface area (Å²) in [6.07, 6.45) is 0. The molecule has 5 nitrogen and oxygen atoms in total. The molecule has 0 aliphatic rings. The van der Waals surface area contributed by atoms with Gasteiger partial charge in [0, 0.05) is 11.8 Å². The topological polar surface area (TPSA) is 62.9 Å². The normalized spacial score (nSPS) is 10.4. The van der Waals surface area contributed by atoms with Gasteiger partial charge in [-0.2, -0.15) is 0 Å². The zero-order valence-corrected chi connectivity index (χ0v) is 18.8. The lowest BCUT2D eigenvalue weighted by Crippen LogP contribution is -1.90. The minimum absolute atomic E-state index is 0.626. The second-order valence-corrected chi connectivity index (χ2v) is 7.68. The molecule has 0 amide bonds. The van der Waals surface area contributed by atoms with Crippen molar-refractivity contribution in [3.63, 3.8) is 0 Å². The molecule has 0 saturated heterocycles. The van der Waals surface area contributed by atoms with Gasteiger partial charge in [0.2, 0.25) is 0 Å². The van der Waals surface area contributed by atoms with Crippen molar-refractivity contribution in [2.75, 3.05) is 5.73 Å². The van der Waals surface area contributed by atoms with E-state index in [4.69, 9.17) is 24.7 Å². The van der Waals surface area contributed by atoms with Gasteiger partial charge in [0.25, 0.3) is 0 Å². The van der Waals surface area contributed by atoms with Crippen LogP contribution in [0.5, 0.6) is 46.0 Å². The van der Waals surface area contributed by atoms with Gasteiger partial charge in [-0.05, 0) is 84.9 Å². The lowest BCUT2D eigenvalue weighted by molar-refractivity contribution is 0.417. The van der Waals surface area contributed by atoms with E-state index >= 15 is 0 Å². The average Bonchev–Trinajstić information content (AvgIpc) is 2.88. The summed E-state index contributed by atoms with van der Waals surface area (Å²) in [7, 11) is 0. The Hall–Kier alpha value is -4.90. The molecule has 0 heterocycles. The molecule has 0 saturated carbocycles. The van der Waals surface area contributed by atoms with Crippen LogP contribution in [0.1, 0.15) is 0 Å². The SMILES string of the molecule is Nc1cccc(Oc2ccc(Oc3ccc(Oc4ccccc4Oc4ccccc4)cc3)cc2)c1. The summed E-state index contributed by atoms with van der Waals surface area (Å²) >= 11 is 0. The third kappa shape index (κ3) is 5.92. The van der Waals surface area contributed by atoms with Crippen LogP contribution < -0.4 is 24.7 Å². The highest BCUT2D eigenvalue weighted by Crippen LogP contribution is 2.35. The van der Waals surface area contributed by atoms with Gasteiger partial charge in [0.05, 0.1) is 0 Å². The molecule has 0 bridgehead atoms. The first kappa shape index (κ1) is 21.9. The molecule has 0 aromatic heterocycles. The average molecular weight is 462 g/mol. The monoisotopic (exact) mass is 461 g/mol. The minimum atomic E-state index is 0.626. The van der Waals surface area contributed by atoms with Gasteiger partial charge in [-0.25, -0.2) is 0 Å². The Morgan fingerprint density at radius 3 is 1.26 bits per heavy atom. The number of ether oxygens (including phenoxy) is 4. The lowest BCUT2D eigenvalue weighted by Gasteiger charge is -2.13. The molecule has 5 aromatic carbocycles. The van der Waals surface area contributed by atoms with Gasteiger partial charge in [-0.3, -0.25) is 0 Å². The molecule has 172 valence electrons. The van der Waals surface area contributed by atoms with Crippen molar-refractivity contribution >= 4 is 5.69 Å². The first-order chi connectivity index (χ1) is 17.2. The number of nitrogen functional groups attached to an aromatic ring is 1. The highest BCUT2D eigenvalue weighted by atomic mass is 16.5. The van der Waals surface area contributed by atoms with Crippen LogP contribution in [0.4, 0.5) is 5.69 Å². The predicted octanol–water partition coefficient (Wildman–Crippen LogP) is 8.44. The Bertz CT molecular complexity index is 1380. The number of para-hydroxylation sites is 3. The molecule has 5 rings (SSSR count). The maximum atomic E-state index is 6.06. The van der Waals surface area contributed by atoms with Gasteiger partial charge < -0.3 is 24.7 Å². The van der Waals surface area contributed by atoms with Gasteiger partial charge in [-0.1, -0.05) is 36.4 Å². The second kappa shape index (κ2) is 10.4. The number of benzene rings is 5. The van der Waals surface area contributed by atoms with Gasteiger partial charge in [-0.15, -0.1) is 0 Å². The van der Waals surface area contributed by atoms with E-state index < -0.39 is 0 Å². The van der Waals surface area contributed by atoms with Crippen molar-refractivity contribution in [2.24, 2.45) is 0 Å². The van der Waals surface area contributed by atoms with Crippen LogP contribution in [0.15, 0.2) is 127 Å². The van der Waals surface area contributed by atoms with Crippen LogP contribution in [-0.4, -0.2) is 0 Å². The Balaban J connectivity index is 1.21. The van der Waals surface area contributed by atoms with E-state index in [1.807, 2.05) is 121 Å². The molecular weight excluding hydrogens is 438 g/mol. The highest BCUT2D eigenvalue weighted by Gasteiger charge is 2.08. The van der Waals surface area contributed by atoms with E-state index in [0.29, 0.717) is 45.9 Å². The summed E-state index contributed by atoms with van der Waals surface area (Å²) < 4.78 is 23.8. The van der Waals surface area contributed by atoms with Crippen molar-refractivity contribution in [3.05, 3.63) is 127 Å². The Kier molecular flexibility index (Phi) is 6.49. The van der Waals surface area contributed by atoms with E-state index in [9.17, 15) is 0 Å². The van der Waals surface area contributed by atoms with Crippen molar-refractivity contribution < 1.29 is 18.9 Å². The van der Waals surface area contributed by atoms with Gasteiger partial charge >= 0.3 is 0 Å². The lowest BCUT2D eigenvalue weighted by atomic mass is 10.3. The summed E-state index contributed by atoms with van der Waals surface area (Å²) in [6.45, 7) is 0. The molecule has 0 fully saturated rings. The molecule has 5 heteroatoms. The fraction of sp³-hybridized carbons (Fsp3) is 0. The standard InChI is InChI=1S/C30H23NO4/c31-22-7-6-10-28(21-22)33-26-15-13-24(14-16-26)32-25-17-19-27(20-18-25)35-30-12-5-4-11-29(30)34-23-8-2-1-3-9-23/h1-21H,31H2. The van der Waals surface area contributed by atoms with E-state index in [2.05, 4.69) is 0 Å². The van der Waals surface area contributed by atoms with E-state index in [-0.39, 0.29) is 0 Å². The molecule has 35 heavy (non-hydrogen) atoms. The van der Waals surface area contributed by atoms with Crippen molar-refractivity contribution in [3.8, 4) is 46.0 Å². The predicted molar refractivity (Wildman–Crippen MR) is 137 cm³/mol. The summed E-state index contributed by atoms with van der Waals surface area (Å²) in [5, 5.41) is 0. The van der Waals surface area contributed by atoms with Crippen molar-refractivity contribution in [2.45, 2.75) is 0 Å². The summed E-state index contributed by atoms with van der Waals surface area (Å²) in [5.41, 5.74) is 6.45. The van der Waals surface area contributed by atoms with Crippen LogP contribution in [0.25, 0.3) is 0 Å². The Labute approximate surface area is 203 Å². The van der Waals surface area contributed by atoms with E-state index in [1.54, 1.807) is 6.07 Å². The maximum absolute atomic E-state index is 6.06. The minimum Gasteiger partial charge on any atom is -0.457 e. The largest absolute Gasteiger partial charge is 0.457 e. The van der Waals surface area contributed by atoms with Crippen LogP contribution >= 0.6 is 0 Å². The quantitative estimate of drug-likeness (QED) is 0.235. The molecule has 0 radical (unpaired) electrons. The highest BCUT2D eigenvalue weighted by molar-refractivity contribution is 5.47. The first-order valence-electron chi connectivity index (χ1n) is 11.1. The summed E-state index contributed by atoms with van der Waals surface area (Å²) in [5.74, 6) is 5.45. The van der Waals surface area contributed by atoms with Crippen LogP contribution in [-0.2, 0) is 0 Å². The number of hydrogen-bond acceptors (Lipinski definition) is 5. The smallest absolute Gasteiger partial charge is 0.169 e. The molecule has 0 unspecified atom stereocenters. The van der Waals surface area contributed by atoms with Crippen molar-refractivity contribution in [1.82, 2.24) is 0 Å². The van der Waals surface area contributed by atoms with Crippen LogP contribution in [0.3, 0.4) is 0 Å². The Morgan fingerprint density at radius 2 is 0.743 bits per heavy atom. The van der Waals surface area contributed by atoms with E-state index in [1.165, 1.54) is 0 Å². The third-order valence-corrected chi connectivity index (χ3v) is 5.02. The zero-order chi connectivity index (χ0) is 23.9. The summed E-state index contributed by atoms with van der Waals surface area (Å²) in [6, 6.07) is 39.3. The van der Waals surface area contributed by atoms with Crippen molar-refractivity contribution in [1.29, 1.82) is 0 Å². The molecule has 0 aliphatic heterocycles. The molecule has 5 aromatic rings. The zero-order valence-electron chi connectivity index (χ0n) is 18.8. The summed E-state index contributed by atoms with van der Waals surface area (Å²) in [4.78, 5) is 0. The number of anilines is 1. The molecule has 0 spiro atoms. The Morgan fingerprint density at radius 1 is 0.343 bits per heavy atom. The fourth-order valence-electron chi connectivity index (χ4n) is 3.36. The van der Waals surface area contributed by atoms with Crippen LogP contribution in [0.2, 0.25) is 0 Å². The van der Waals surface area contributed by atoms with Crippen LogP contribution in [0, 0.1) is 0 Å². The number of nitrogens with two attached hydrogens (primary N) is 1. The molecular formula is C30H23NO4. The maximum Gasteiger partial charge on any atom is 0.169 e. The molecule has 2 N–H and O–H groups in total.